The zero-order chi connectivity index (χ0) is 11.7. The highest BCUT2D eigenvalue weighted by Crippen LogP contribution is 2.04. The number of aliphatic hydroxyl groups is 2. The zero-order valence-electron chi connectivity index (χ0n) is 8.98. The van der Waals surface area contributed by atoms with Crippen molar-refractivity contribution in [1.29, 1.82) is 0 Å². The highest BCUT2D eigenvalue weighted by atomic mass is 16.5. The van der Waals surface area contributed by atoms with Gasteiger partial charge in [0.25, 0.3) is 0 Å². The molecular formula is C11H18O4. The van der Waals surface area contributed by atoms with Gasteiger partial charge in [-0.15, -0.1) is 0 Å². The van der Waals surface area contributed by atoms with E-state index >= 15 is 0 Å². The molecule has 0 fully saturated rings. The van der Waals surface area contributed by atoms with Crippen LogP contribution >= 0.6 is 0 Å². The van der Waals surface area contributed by atoms with E-state index in [9.17, 15) is 9.90 Å². The van der Waals surface area contributed by atoms with E-state index in [0.29, 0.717) is 18.4 Å². The lowest BCUT2D eigenvalue weighted by atomic mass is 10.1. The summed E-state index contributed by atoms with van der Waals surface area (Å²) in [4.78, 5) is 11.2. The van der Waals surface area contributed by atoms with Crippen molar-refractivity contribution in [2.75, 3.05) is 13.2 Å². The summed E-state index contributed by atoms with van der Waals surface area (Å²) in [5.74, 6) is -0.460. The largest absolute Gasteiger partial charge is 0.458 e. The second-order valence-electron chi connectivity index (χ2n) is 3.17. The number of rotatable bonds is 7. The van der Waals surface area contributed by atoms with Crippen LogP contribution in [0.4, 0.5) is 0 Å². The summed E-state index contributed by atoms with van der Waals surface area (Å²) in [7, 11) is 0. The van der Waals surface area contributed by atoms with Crippen LogP contribution in [0.3, 0.4) is 0 Å². The predicted molar refractivity (Wildman–Crippen MR) is 57.2 cm³/mol. The number of carbonyl (C=O) groups is 1. The standard InChI is InChI=1S/C11H18O4/c1-3-7-15-11(14)9(2)8-10(13)5-4-6-12/h3,8,10,12-13H,1,4-7H2,2H3. The van der Waals surface area contributed by atoms with Crippen LogP contribution in [0.25, 0.3) is 0 Å². The Labute approximate surface area is 89.9 Å². The minimum absolute atomic E-state index is 0.0326. The van der Waals surface area contributed by atoms with E-state index in [1.54, 1.807) is 6.92 Å². The lowest BCUT2D eigenvalue weighted by molar-refractivity contribution is -0.137. The Balaban J connectivity index is 4.04. The fourth-order valence-corrected chi connectivity index (χ4v) is 0.989. The Bertz CT molecular complexity index is 233. The summed E-state index contributed by atoms with van der Waals surface area (Å²) >= 11 is 0. The molecule has 0 aliphatic rings. The van der Waals surface area contributed by atoms with Gasteiger partial charge in [-0.05, 0) is 25.8 Å². The molecule has 15 heavy (non-hydrogen) atoms. The number of hydrogen-bond donors (Lipinski definition) is 2. The molecule has 0 bridgehead atoms. The molecule has 0 aromatic rings. The molecule has 0 rings (SSSR count). The predicted octanol–water partition coefficient (Wildman–Crippen LogP) is 0.795. The van der Waals surface area contributed by atoms with Crippen molar-refractivity contribution in [2.45, 2.75) is 25.9 Å². The van der Waals surface area contributed by atoms with Crippen LogP contribution in [0.2, 0.25) is 0 Å². The van der Waals surface area contributed by atoms with Gasteiger partial charge >= 0.3 is 5.97 Å². The third kappa shape index (κ3) is 6.88. The van der Waals surface area contributed by atoms with E-state index in [1.165, 1.54) is 12.2 Å². The second-order valence-corrected chi connectivity index (χ2v) is 3.17. The molecule has 0 aliphatic carbocycles. The molecule has 1 atom stereocenters. The Morgan fingerprint density at radius 3 is 2.80 bits per heavy atom. The smallest absolute Gasteiger partial charge is 0.333 e. The first-order valence-electron chi connectivity index (χ1n) is 4.87. The van der Waals surface area contributed by atoms with E-state index in [-0.39, 0.29) is 13.2 Å². The van der Waals surface area contributed by atoms with Crippen molar-refractivity contribution in [2.24, 2.45) is 0 Å². The number of hydrogen-bond acceptors (Lipinski definition) is 4. The molecule has 0 saturated heterocycles. The highest BCUT2D eigenvalue weighted by molar-refractivity contribution is 5.87. The Kier molecular flexibility index (Phi) is 7.58. The maximum atomic E-state index is 11.2. The van der Waals surface area contributed by atoms with E-state index < -0.39 is 12.1 Å². The minimum Gasteiger partial charge on any atom is -0.458 e. The maximum Gasteiger partial charge on any atom is 0.333 e. The molecule has 4 heteroatoms. The molecule has 0 spiro atoms. The molecule has 86 valence electrons. The van der Waals surface area contributed by atoms with Gasteiger partial charge in [0.05, 0.1) is 6.10 Å². The first kappa shape index (κ1) is 13.9. The van der Waals surface area contributed by atoms with Gasteiger partial charge in [-0.25, -0.2) is 4.79 Å². The number of esters is 1. The van der Waals surface area contributed by atoms with Gasteiger partial charge in [-0.1, -0.05) is 12.7 Å². The number of carbonyl (C=O) groups excluding carboxylic acids is 1. The fourth-order valence-electron chi connectivity index (χ4n) is 0.989. The van der Waals surface area contributed by atoms with Gasteiger partial charge in [0.2, 0.25) is 0 Å². The van der Waals surface area contributed by atoms with Crippen molar-refractivity contribution in [1.82, 2.24) is 0 Å². The van der Waals surface area contributed by atoms with Crippen LogP contribution in [0.1, 0.15) is 19.8 Å². The Morgan fingerprint density at radius 2 is 2.27 bits per heavy atom. The summed E-state index contributed by atoms with van der Waals surface area (Å²) in [5, 5.41) is 17.9. The van der Waals surface area contributed by atoms with Crippen molar-refractivity contribution < 1.29 is 19.7 Å². The lowest BCUT2D eigenvalue weighted by Gasteiger charge is -2.06. The number of aliphatic hydroxyl groups excluding tert-OH is 2. The summed E-state index contributed by atoms with van der Waals surface area (Å²) < 4.78 is 4.77. The third-order valence-corrected chi connectivity index (χ3v) is 1.75. The van der Waals surface area contributed by atoms with Crippen molar-refractivity contribution in [3.8, 4) is 0 Å². The molecule has 0 aromatic heterocycles. The van der Waals surface area contributed by atoms with Gasteiger partial charge in [0.15, 0.2) is 0 Å². The summed E-state index contributed by atoms with van der Waals surface area (Å²) in [5.41, 5.74) is 0.363. The molecule has 0 saturated carbocycles. The first-order chi connectivity index (χ1) is 7.11. The molecule has 0 aliphatic heterocycles. The molecule has 1 unspecified atom stereocenters. The van der Waals surface area contributed by atoms with E-state index in [0.717, 1.165) is 0 Å². The van der Waals surface area contributed by atoms with Crippen LogP contribution in [0, 0.1) is 0 Å². The molecule has 2 N–H and O–H groups in total. The van der Waals surface area contributed by atoms with Crippen LogP contribution in [-0.2, 0) is 9.53 Å². The summed E-state index contributed by atoms with van der Waals surface area (Å²) in [6.07, 6.45) is 3.14. The fraction of sp³-hybridized carbons (Fsp3) is 0.545. The van der Waals surface area contributed by atoms with Gasteiger partial charge in [0, 0.05) is 12.2 Å². The third-order valence-electron chi connectivity index (χ3n) is 1.75. The number of ether oxygens (including phenoxy) is 1. The molecule has 0 radical (unpaired) electrons. The highest BCUT2D eigenvalue weighted by Gasteiger charge is 2.07. The maximum absolute atomic E-state index is 11.2. The van der Waals surface area contributed by atoms with Crippen LogP contribution in [0.15, 0.2) is 24.3 Å². The minimum atomic E-state index is -0.714. The quantitative estimate of drug-likeness (QED) is 0.373. The Hall–Kier alpha value is -1.13. The van der Waals surface area contributed by atoms with Crippen LogP contribution in [0.5, 0.6) is 0 Å². The topological polar surface area (TPSA) is 66.8 Å². The van der Waals surface area contributed by atoms with Gasteiger partial charge < -0.3 is 14.9 Å². The second kappa shape index (κ2) is 8.20. The molecule has 0 heterocycles. The molecule has 0 amide bonds. The van der Waals surface area contributed by atoms with Gasteiger partial charge in [-0.3, -0.25) is 0 Å². The normalized spacial score (nSPS) is 13.4. The summed E-state index contributed by atoms with van der Waals surface area (Å²) in [6, 6.07) is 0. The summed E-state index contributed by atoms with van der Waals surface area (Å²) in [6.45, 7) is 5.19. The van der Waals surface area contributed by atoms with Crippen LogP contribution < -0.4 is 0 Å². The van der Waals surface area contributed by atoms with Gasteiger partial charge in [-0.2, -0.15) is 0 Å². The zero-order valence-corrected chi connectivity index (χ0v) is 8.98. The first-order valence-corrected chi connectivity index (χ1v) is 4.87. The van der Waals surface area contributed by atoms with Crippen molar-refractivity contribution >= 4 is 5.97 Å². The Morgan fingerprint density at radius 1 is 1.60 bits per heavy atom. The van der Waals surface area contributed by atoms with E-state index in [1.807, 2.05) is 0 Å². The van der Waals surface area contributed by atoms with Crippen molar-refractivity contribution in [3.63, 3.8) is 0 Å². The average Bonchev–Trinajstić information content (AvgIpc) is 2.22. The molecular weight excluding hydrogens is 196 g/mol. The van der Waals surface area contributed by atoms with Crippen LogP contribution in [-0.4, -0.2) is 35.5 Å². The monoisotopic (exact) mass is 214 g/mol. The van der Waals surface area contributed by atoms with Crippen molar-refractivity contribution in [3.05, 3.63) is 24.3 Å². The van der Waals surface area contributed by atoms with E-state index in [4.69, 9.17) is 9.84 Å². The lowest BCUT2D eigenvalue weighted by Crippen LogP contribution is -2.10. The average molecular weight is 214 g/mol. The van der Waals surface area contributed by atoms with E-state index in [2.05, 4.69) is 6.58 Å². The SMILES string of the molecule is C=CCOC(=O)C(C)=CC(O)CCCO. The molecule has 0 aromatic carbocycles. The molecule has 4 nitrogen and oxygen atoms in total. The van der Waals surface area contributed by atoms with Gasteiger partial charge in [0.1, 0.15) is 6.61 Å².